The first kappa shape index (κ1) is 22.8. The number of nitrogens with one attached hydrogen (secondary N) is 1. The lowest BCUT2D eigenvalue weighted by Gasteiger charge is -2.26. The number of anilines is 1. The number of aliphatic hydroxyl groups excluding tert-OH is 1. The predicted molar refractivity (Wildman–Crippen MR) is 133 cm³/mol. The number of methoxy groups -OCH3 is 1. The fraction of sp³-hybridized carbons (Fsp3) is 0.308. The molecule has 4 N–H and O–H groups in total. The van der Waals surface area contributed by atoms with Crippen molar-refractivity contribution in [2.24, 2.45) is 0 Å². The SMILES string of the molecule is COc1ccccc1C(=O)NCc1ccc(-c2nn(C3CCCC(O)C3)c3ncnc(N)c23)cc1. The summed E-state index contributed by atoms with van der Waals surface area (Å²) in [7, 11) is 1.55. The number of hydrogen-bond donors (Lipinski definition) is 3. The normalized spacial score (nSPS) is 17.9. The highest BCUT2D eigenvalue weighted by Crippen LogP contribution is 2.36. The molecule has 2 heterocycles. The van der Waals surface area contributed by atoms with Gasteiger partial charge in [0.05, 0.1) is 30.2 Å². The van der Waals surface area contributed by atoms with Gasteiger partial charge in [-0.15, -0.1) is 0 Å². The number of aromatic nitrogens is 4. The predicted octanol–water partition coefficient (Wildman–Crippen LogP) is 3.49. The molecule has 1 fully saturated rings. The number of nitrogen functional groups attached to an aromatic ring is 1. The van der Waals surface area contributed by atoms with E-state index in [0.29, 0.717) is 46.8 Å². The summed E-state index contributed by atoms with van der Waals surface area (Å²) in [6.45, 7) is 0.373. The molecule has 4 aromatic rings. The lowest BCUT2D eigenvalue weighted by molar-refractivity contribution is 0.0947. The largest absolute Gasteiger partial charge is 0.496 e. The average molecular weight is 473 g/mol. The molecule has 1 amide bonds. The van der Waals surface area contributed by atoms with Crippen molar-refractivity contribution in [2.45, 2.75) is 44.4 Å². The number of rotatable bonds is 6. The lowest BCUT2D eigenvalue weighted by atomic mass is 9.93. The minimum Gasteiger partial charge on any atom is -0.496 e. The monoisotopic (exact) mass is 472 g/mol. The summed E-state index contributed by atoms with van der Waals surface area (Å²) in [6, 6.07) is 15.0. The number of nitrogens with zero attached hydrogens (tertiary/aromatic N) is 4. The van der Waals surface area contributed by atoms with E-state index >= 15 is 0 Å². The molecule has 2 aromatic carbocycles. The van der Waals surface area contributed by atoms with E-state index in [1.807, 2.05) is 35.0 Å². The van der Waals surface area contributed by atoms with Crippen LogP contribution in [0.5, 0.6) is 5.75 Å². The van der Waals surface area contributed by atoms with E-state index in [-0.39, 0.29) is 18.1 Å². The van der Waals surface area contributed by atoms with E-state index < -0.39 is 0 Å². The molecule has 2 atom stereocenters. The highest BCUT2D eigenvalue weighted by Gasteiger charge is 2.26. The van der Waals surface area contributed by atoms with Crippen LogP contribution in [0.3, 0.4) is 0 Å². The molecule has 180 valence electrons. The zero-order valence-corrected chi connectivity index (χ0v) is 19.5. The van der Waals surface area contributed by atoms with Crippen LogP contribution in [-0.2, 0) is 6.54 Å². The number of nitrogens with two attached hydrogens (primary N) is 1. The molecule has 1 aliphatic carbocycles. The van der Waals surface area contributed by atoms with Crippen LogP contribution in [0, 0.1) is 0 Å². The van der Waals surface area contributed by atoms with Gasteiger partial charge in [0.2, 0.25) is 0 Å². The van der Waals surface area contributed by atoms with Gasteiger partial charge in [-0.05, 0) is 43.4 Å². The molecule has 2 unspecified atom stereocenters. The maximum atomic E-state index is 12.6. The molecular formula is C26H28N6O3. The van der Waals surface area contributed by atoms with Crippen molar-refractivity contribution in [2.75, 3.05) is 12.8 Å². The smallest absolute Gasteiger partial charge is 0.255 e. The molecule has 2 aromatic heterocycles. The van der Waals surface area contributed by atoms with Gasteiger partial charge in [-0.3, -0.25) is 4.79 Å². The molecule has 0 bridgehead atoms. The Morgan fingerprint density at radius 2 is 1.97 bits per heavy atom. The molecule has 0 radical (unpaired) electrons. The second-order valence-corrected chi connectivity index (χ2v) is 8.80. The summed E-state index contributed by atoms with van der Waals surface area (Å²) in [5.41, 5.74) is 9.95. The molecular weight excluding hydrogens is 444 g/mol. The summed E-state index contributed by atoms with van der Waals surface area (Å²) in [6.07, 6.45) is 4.45. The summed E-state index contributed by atoms with van der Waals surface area (Å²) < 4.78 is 7.17. The van der Waals surface area contributed by atoms with Crippen LogP contribution in [0.1, 0.15) is 47.6 Å². The van der Waals surface area contributed by atoms with Crippen LogP contribution < -0.4 is 15.8 Å². The summed E-state index contributed by atoms with van der Waals surface area (Å²) >= 11 is 0. The van der Waals surface area contributed by atoms with Crippen molar-refractivity contribution in [3.05, 3.63) is 66.0 Å². The second kappa shape index (κ2) is 9.71. The Balaban J connectivity index is 1.39. The van der Waals surface area contributed by atoms with Crippen LogP contribution in [0.4, 0.5) is 5.82 Å². The number of hydrogen-bond acceptors (Lipinski definition) is 7. The fourth-order valence-electron chi connectivity index (χ4n) is 4.70. The number of ether oxygens (including phenoxy) is 1. The van der Waals surface area contributed by atoms with E-state index in [0.717, 1.165) is 30.4 Å². The highest BCUT2D eigenvalue weighted by atomic mass is 16.5. The third-order valence-corrected chi connectivity index (χ3v) is 6.51. The van der Waals surface area contributed by atoms with Crippen LogP contribution in [0.15, 0.2) is 54.9 Å². The number of para-hydroxylation sites is 1. The molecule has 9 nitrogen and oxygen atoms in total. The quantitative estimate of drug-likeness (QED) is 0.392. The molecule has 1 aliphatic rings. The number of benzene rings is 2. The summed E-state index contributed by atoms with van der Waals surface area (Å²) in [5.74, 6) is 0.713. The van der Waals surface area contributed by atoms with Gasteiger partial charge in [-0.1, -0.05) is 36.4 Å². The van der Waals surface area contributed by atoms with E-state index in [1.165, 1.54) is 6.33 Å². The first-order valence-corrected chi connectivity index (χ1v) is 11.7. The fourth-order valence-corrected chi connectivity index (χ4v) is 4.70. The minimum absolute atomic E-state index is 0.0637. The maximum absolute atomic E-state index is 12.6. The van der Waals surface area contributed by atoms with Crippen molar-refractivity contribution in [3.63, 3.8) is 0 Å². The number of carbonyl (C=O) groups is 1. The van der Waals surface area contributed by atoms with Crippen molar-refractivity contribution in [1.82, 2.24) is 25.1 Å². The third kappa shape index (κ3) is 4.54. The first-order valence-electron chi connectivity index (χ1n) is 11.7. The van der Waals surface area contributed by atoms with Crippen LogP contribution in [0.2, 0.25) is 0 Å². The summed E-state index contributed by atoms with van der Waals surface area (Å²) in [4.78, 5) is 21.2. The second-order valence-electron chi connectivity index (χ2n) is 8.80. The molecule has 0 aliphatic heterocycles. The number of aliphatic hydroxyl groups is 1. The van der Waals surface area contributed by atoms with Gasteiger partial charge in [-0.25, -0.2) is 14.6 Å². The number of amides is 1. The van der Waals surface area contributed by atoms with Gasteiger partial charge < -0.3 is 20.9 Å². The standard InChI is InChI=1S/C26H28N6O3/c1-35-21-8-3-2-7-20(21)26(34)28-14-16-9-11-17(12-10-16)23-22-24(27)29-15-30-25(22)32(31-23)18-5-4-6-19(33)13-18/h2-3,7-12,15,18-19,33H,4-6,13-14H2,1H3,(H,28,34)(H2,27,29,30). The topological polar surface area (TPSA) is 128 Å². The van der Waals surface area contributed by atoms with E-state index in [2.05, 4.69) is 15.3 Å². The van der Waals surface area contributed by atoms with Gasteiger partial charge >= 0.3 is 0 Å². The maximum Gasteiger partial charge on any atom is 0.255 e. The zero-order valence-electron chi connectivity index (χ0n) is 19.5. The van der Waals surface area contributed by atoms with Gasteiger partial charge in [0, 0.05) is 12.1 Å². The highest BCUT2D eigenvalue weighted by molar-refractivity contribution is 5.98. The molecule has 0 saturated heterocycles. The Morgan fingerprint density at radius 3 is 2.74 bits per heavy atom. The lowest BCUT2D eigenvalue weighted by Crippen LogP contribution is -2.23. The van der Waals surface area contributed by atoms with Gasteiger partial charge in [0.25, 0.3) is 5.91 Å². The Morgan fingerprint density at radius 1 is 1.17 bits per heavy atom. The minimum atomic E-state index is -0.332. The van der Waals surface area contributed by atoms with Crippen molar-refractivity contribution >= 4 is 22.8 Å². The molecule has 1 saturated carbocycles. The van der Waals surface area contributed by atoms with E-state index in [1.54, 1.807) is 25.3 Å². The van der Waals surface area contributed by atoms with Crippen LogP contribution in [0.25, 0.3) is 22.3 Å². The van der Waals surface area contributed by atoms with Crippen LogP contribution in [-0.4, -0.2) is 44.0 Å². The van der Waals surface area contributed by atoms with Crippen molar-refractivity contribution < 1.29 is 14.6 Å². The molecule has 5 rings (SSSR count). The van der Waals surface area contributed by atoms with Gasteiger partial charge in [0.15, 0.2) is 5.65 Å². The summed E-state index contributed by atoms with van der Waals surface area (Å²) in [5, 5.41) is 18.7. The van der Waals surface area contributed by atoms with E-state index in [9.17, 15) is 9.90 Å². The van der Waals surface area contributed by atoms with Crippen LogP contribution >= 0.6 is 0 Å². The average Bonchev–Trinajstić information content (AvgIpc) is 3.28. The Hall–Kier alpha value is -3.98. The number of carbonyl (C=O) groups excluding carboxylic acids is 1. The molecule has 9 heteroatoms. The molecule has 0 spiro atoms. The van der Waals surface area contributed by atoms with Gasteiger partial charge in [0.1, 0.15) is 23.6 Å². The Labute approximate surface area is 203 Å². The van der Waals surface area contributed by atoms with E-state index in [4.69, 9.17) is 15.6 Å². The first-order chi connectivity index (χ1) is 17.0. The van der Waals surface area contributed by atoms with Gasteiger partial charge in [-0.2, -0.15) is 5.10 Å². The zero-order chi connectivity index (χ0) is 24.4. The molecule has 35 heavy (non-hydrogen) atoms. The third-order valence-electron chi connectivity index (χ3n) is 6.51. The van der Waals surface area contributed by atoms with Crippen molar-refractivity contribution in [3.8, 4) is 17.0 Å². The Kier molecular flexibility index (Phi) is 6.33. The Bertz CT molecular complexity index is 1350. The van der Waals surface area contributed by atoms with Crippen molar-refractivity contribution in [1.29, 1.82) is 0 Å². The number of fused-ring (bicyclic) bond motifs is 1.